The number of hydrogen-bond acceptors (Lipinski definition) is 2. The van der Waals surface area contributed by atoms with Crippen molar-refractivity contribution in [1.29, 1.82) is 0 Å². The highest BCUT2D eigenvalue weighted by Gasteiger charge is 2.05. The van der Waals surface area contributed by atoms with E-state index in [1.54, 1.807) is 0 Å². The Hall–Kier alpha value is -1.51. The van der Waals surface area contributed by atoms with Crippen molar-refractivity contribution in [3.8, 4) is 5.75 Å². The molecule has 0 amide bonds. The van der Waals surface area contributed by atoms with E-state index < -0.39 is 0 Å². The average molecular weight is 290 g/mol. The van der Waals surface area contributed by atoms with E-state index in [0.29, 0.717) is 12.5 Å². The maximum atomic E-state index is 5.88. The predicted molar refractivity (Wildman–Crippen MR) is 84.4 cm³/mol. The molecule has 0 N–H and O–H groups in total. The smallest absolute Gasteiger partial charge is 0.119 e. The number of alkyl halides is 1. The third-order valence-corrected chi connectivity index (χ3v) is 3.24. The number of rotatable bonds is 8. The minimum atomic E-state index is 0.637. The lowest BCUT2D eigenvalue weighted by molar-refractivity contribution is 0.211. The van der Waals surface area contributed by atoms with Crippen LogP contribution < -0.4 is 4.74 Å². The molecule has 0 aromatic heterocycles. The van der Waals surface area contributed by atoms with Crippen LogP contribution in [-0.4, -0.2) is 30.5 Å². The van der Waals surface area contributed by atoms with Crippen molar-refractivity contribution in [3.63, 3.8) is 0 Å². The van der Waals surface area contributed by atoms with Crippen LogP contribution in [0, 0.1) is 0 Å². The largest absolute Gasteiger partial charge is 0.492 e. The fourth-order valence-corrected chi connectivity index (χ4v) is 2.28. The Morgan fingerprint density at radius 1 is 0.850 bits per heavy atom. The maximum Gasteiger partial charge on any atom is 0.119 e. The first-order valence-corrected chi connectivity index (χ1v) is 7.42. The number of benzene rings is 2. The van der Waals surface area contributed by atoms with Crippen LogP contribution in [0.1, 0.15) is 5.56 Å². The van der Waals surface area contributed by atoms with Gasteiger partial charge in [0.15, 0.2) is 0 Å². The van der Waals surface area contributed by atoms with Gasteiger partial charge < -0.3 is 4.74 Å². The molecule has 0 aliphatic rings. The molecule has 2 rings (SSSR count). The van der Waals surface area contributed by atoms with Crippen LogP contribution in [-0.2, 0) is 6.54 Å². The van der Waals surface area contributed by atoms with E-state index in [2.05, 4.69) is 29.2 Å². The summed E-state index contributed by atoms with van der Waals surface area (Å²) in [6.45, 7) is 3.32. The van der Waals surface area contributed by atoms with Crippen LogP contribution >= 0.6 is 11.6 Å². The number of halogens is 1. The van der Waals surface area contributed by atoms with E-state index >= 15 is 0 Å². The molecule has 0 atom stereocenters. The predicted octanol–water partition coefficient (Wildman–Crippen LogP) is 3.81. The highest BCUT2D eigenvalue weighted by molar-refractivity contribution is 6.18. The van der Waals surface area contributed by atoms with Crippen molar-refractivity contribution < 1.29 is 4.74 Å². The molecule has 0 aliphatic heterocycles. The first kappa shape index (κ1) is 14.9. The van der Waals surface area contributed by atoms with Crippen molar-refractivity contribution >= 4 is 11.6 Å². The summed E-state index contributed by atoms with van der Waals surface area (Å²) in [5.41, 5.74) is 1.30. The van der Waals surface area contributed by atoms with Gasteiger partial charge in [-0.3, -0.25) is 4.90 Å². The minimum absolute atomic E-state index is 0.637. The lowest BCUT2D eigenvalue weighted by Gasteiger charge is -2.21. The highest BCUT2D eigenvalue weighted by atomic mass is 35.5. The zero-order valence-electron chi connectivity index (χ0n) is 11.5. The summed E-state index contributed by atoms with van der Waals surface area (Å²) in [7, 11) is 0. The van der Waals surface area contributed by atoms with Crippen molar-refractivity contribution in [2.45, 2.75) is 6.54 Å². The van der Waals surface area contributed by atoms with E-state index in [1.807, 2.05) is 36.4 Å². The zero-order chi connectivity index (χ0) is 14.0. The second kappa shape index (κ2) is 8.62. The second-order valence-electron chi connectivity index (χ2n) is 4.61. The highest BCUT2D eigenvalue weighted by Crippen LogP contribution is 2.09. The van der Waals surface area contributed by atoms with E-state index in [0.717, 1.165) is 25.4 Å². The van der Waals surface area contributed by atoms with Gasteiger partial charge in [-0.1, -0.05) is 48.5 Å². The lowest BCUT2D eigenvalue weighted by Crippen LogP contribution is -2.29. The molecule has 0 aliphatic carbocycles. The molecule has 2 aromatic rings. The van der Waals surface area contributed by atoms with Crippen LogP contribution in [0.5, 0.6) is 5.75 Å². The van der Waals surface area contributed by atoms with Crippen molar-refractivity contribution in [3.05, 3.63) is 66.2 Å². The monoisotopic (exact) mass is 289 g/mol. The molecule has 0 saturated carbocycles. The molecule has 0 spiro atoms. The fraction of sp³-hybridized carbons (Fsp3) is 0.294. The number of ether oxygens (including phenoxy) is 1. The normalized spacial score (nSPS) is 10.7. The Morgan fingerprint density at radius 2 is 1.50 bits per heavy atom. The fourth-order valence-electron chi connectivity index (χ4n) is 2.04. The van der Waals surface area contributed by atoms with Crippen LogP contribution in [0.2, 0.25) is 0 Å². The Labute approximate surface area is 125 Å². The summed E-state index contributed by atoms with van der Waals surface area (Å²) in [5.74, 6) is 1.55. The van der Waals surface area contributed by atoms with Gasteiger partial charge in [-0.25, -0.2) is 0 Å². The number of nitrogens with zero attached hydrogens (tertiary/aromatic N) is 1. The first-order valence-electron chi connectivity index (χ1n) is 6.88. The third kappa shape index (κ3) is 5.24. The summed E-state index contributed by atoms with van der Waals surface area (Å²) in [4.78, 5) is 2.31. The number of hydrogen-bond donors (Lipinski definition) is 0. The topological polar surface area (TPSA) is 12.5 Å². The van der Waals surface area contributed by atoms with Crippen LogP contribution in [0.25, 0.3) is 0 Å². The standard InChI is InChI=1S/C17H20ClNO/c18-11-12-19(15-16-7-3-1-4-8-16)13-14-20-17-9-5-2-6-10-17/h1-10H,11-15H2. The third-order valence-electron chi connectivity index (χ3n) is 3.07. The molecule has 0 radical (unpaired) electrons. The van der Waals surface area contributed by atoms with Gasteiger partial charge in [-0.05, 0) is 17.7 Å². The van der Waals surface area contributed by atoms with Gasteiger partial charge in [0.25, 0.3) is 0 Å². The van der Waals surface area contributed by atoms with Crippen LogP contribution in [0.15, 0.2) is 60.7 Å². The summed E-state index contributed by atoms with van der Waals surface area (Å²) >= 11 is 5.88. The van der Waals surface area contributed by atoms with Crippen molar-refractivity contribution in [2.24, 2.45) is 0 Å². The first-order chi connectivity index (χ1) is 9.88. The Bertz CT molecular complexity index is 475. The van der Waals surface area contributed by atoms with Gasteiger partial charge in [0.1, 0.15) is 12.4 Å². The van der Waals surface area contributed by atoms with Gasteiger partial charge in [0.05, 0.1) is 0 Å². The van der Waals surface area contributed by atoms with Crippen molar-refractivity contribution in [1.82, 2.24) is 4.90 Å². The van der Waals surface area contributed by atoms with Gasteiger partial charge in [-0.15, -0.1) is 11.6 Å². The van der Waals surface area contributed by atoms with E-state index in [4.69, 9.17) is 16.3 Å². The average Bonchev–Trinajstić information content (AvgIpc) is 2.49. The second-order valence-corrected chi connectivity index (χ2v) is 4.99. The summed E-state index contributed by atoms with van der Waals surface area (Å²) < 4.78 is 5.74. The molecular formula is C17H20ClNO. The molecule has 0 saturated heterocycles. The molecule has 0 bridgehead atoms. The molecule has 0 heterocycles. The number of para-hydroxylation sites is 1. The minimum Gasteiger partial charge on any atom is -0.492 e. The Balaban J connectivity index is 1.80. The van der Waals surface area contributed by atoms with Crippen LogP contribution in [0.3, 0.4) is 0 Å². The van der Waals surface area contributed by atoms with Crippen LogP contribution in [0.4, 0.5) is 0 Å². The van der Waals surface area contributed by atoms with E-state index in [-0.39, 0.29) is 0 Å². The quantitative estimate of drug-likeness (QED) is 0.685. The van der Waals surface area contributed by atoms with Gasteiger partial charge in [-0.2, -0.15) is 0 Å². The summed E-state index contributed by atoms with van der Waals surface area (Å²) in [6.07, 6.45) is 0. The summed E-state index contributed by atoms with van der Waals surface area (Å²) in [6, 6.07) is 20.3. The molecule has 0 fully saturated rings. The van der Waals surface area contributed by atoms with Gasteiger partial charge in [0, 0.05) is 25.5 Å². The lowest BCUT2D eigenvalue weighted by atomic mass is 10.2. The SMILES string of the molecule is ClCCN(CCOc1ccccc1)Cc1ccccc1. The Morgan fingerprint density at radius 3 is 2.15 bits per heavy atom. The molecule has 2 aromatic carbocycles. The zero-order valence-corrected chi connectivity index (χ0v) is 12.3. The van der Waals surface area contributed by atoms with Gasteiger partial charge in [0.2, 0.25) is 0 Å². The van der Waals surface area contributed by atoms with E-state index in [1.165, 1.54) is 5.56 Å². The summed E-state index contributed by atoms with van der Waals surface area (Å²) in [5, 5.41) is 0. The Kier molecular flexibility index (Phi) is 6.42. The van der Waals surface area contributed by atoms with E-state index in [9.17, 15) is 0 Å². The molecule has 3 heteroatoms. The molecule has 2 nitrogen and oxygen atoms in total. The molecular weight excluding hydrogens is 270 g/mol. The molecule has 0 unspecified atom stereocenters. The maximum absolute atomic E-state index is 5.88. The molecule has 20 heavy (non-hydrogen) atoms. The van der Waals surface area contributed by atoms with Gasteiger partial charge >= 0.3 is 0 Å². The van der Waals surface area contributed by atoms with Crippen molar-refractivity contribution in [2.75, 3.05) is 25.6 Å². The molecule has 106 valence electrons.